The van der Waals surface area contributed by atoms with Crippen LogP contribution in [0.1, 0.15) is 47.4 Å². The Morgan fingerprint density at radius 3 is 2.67 bits per heavy atom. The summed E-state index contributed by atoms with van der Waals surface area (Å²) in [5, 5.41) is 13.5. The van der Waals surface area contributed by atoms with Gasteiger partial charge in [0.2, 0.25) is 11.7 Å². The second-order valence-electron chi connectivity index (χ2n) is 7.33. The van der Waals surface area contributed by atoms with E-state index < -0.39 is 0 Å². The van der Waals surface area contributed by atoms with Gasteiger partial charge < -0.3 is 15.4 Å². The van der Waals surface area contributed by atoms with Crippen LogP contribution < -0.4 is 15.4 Å². The first-order valence-corrected chi connectivity index (χ1v) is 9.69. The van der Waals surface area contributed by atoms with Gasteiger partial charge >= 0.3 is 0 Å². The average Bonchev–Trinajstić information content (AvgIpc) is 3.26. The number of carbonyl (C=O) groups is 2. The summed E-state index contributed by atoms with van der Waals surface area (Å²) in [6.45, 7) is 2.17. The number of aromatic nitrogens is 4. The normalized spacial score (nSPS) is 18.0. The number of amides is 2. The maximum Gasteiger partial charge on any atom is 0.258 e. The maximum atomic E-state index is 13.3. The molecule has 2 aromatic carbocycles. The van der Waals surface area contributed by atoms with Gasteiger partial charge in [-0.2, -0.15) is 5.21 Å². The van der Waals surface area contributed by atoms with Gasteiger partial charge in [-0.15, -0.1) is 10.2 Å². The fraction of sp³-hybridized carbons (Fsp3) is 0.286. The van der Waals surface area contributed by atoms with E-state index in [1.165, 1.54) is 0 Å². The third-order valence-corrected chi connectivity index (χ3v) is 5.23. The zero-order chi connectivity index (χ0) is 21.1. The SMILES string of the molecule is CC1CC(CC(N)=O)c2ccccc2N1C(=O)c1ccc(OCc2nn[nH]n2)cc1. The predicted molar refractivity (Wildman–Crippen MR) is 109 cm³/mol. The van der Waals surface area contributed by atoms with Gasteiger partial charge in [0.1, 0.15) is 5.75 Å². The van der Waals surface area contributed by atoms with Crippen molar-refractivity contribution < 1.29 is 14.3 Å². The number of fused-ring (bicyclic) bond motifs is 1. The molecule has 3 N–H and O–H groups in total. The Labute approximate surface area is 173 Å². The smallest absolute Gasteiger partial charge is 0.258 e. The van der Waals surface area contributed by atoms with Crippen LogP contribution in [0.25, 0.3) is 0 Å². The molecule has 30 heavy (non-hydrogen) atoms. The summed E-state index contributed by atoms with van der Waals surface area (Å²) < 4.78 is 5.61. The molecule has 0 aliphatic carbocycles. The molecule has 3 aromatic rings. The Morgan fingerprint density at radius 1 is 1.20 bits per heavy atom. The monoisotopic (exact) mass is 406 g/mol. The Hall–Kier alpha value is -3.75. The highest BCUT2D eigenvalue weighted by Crippen LogP contribution is 2.40. The standard InChI is InChI=1S/C21H22N6O3/c1-13-10-15(11-19(22)28)17-4-2-3-5-18(17)27(13)21(29)14-6-8-16(9-7-14)30-12-20-23-25-26-24-20/h2-9,13,15H,10-12H2,1H3,(H2,22,28)(H,23,24,25,26). The fourth-order valence-corrected chi connectivity index (χ4v) is 3.90. The summed E-state index contributed by atoms with van der Waals surface area (Å²) in [6, 6.07) is 14.6. The average molecular weight is 406 g/mol. The first-order valence-electron chi connectivity index (χ1n) is 9.69. The van der Waals surface area contributed by atoms with Crippen LogP contribution >= 0.6 is 0 Å². The molecule has 2 amide bonds. The number of H-pyrrole nitrogens is 1. The van der Waals surface area contributed by atoms with E-state index >= 15 is 0 Å². The van der Waals surface area contributed by atoms with E-state index in [9.17, 15) is 9.59 Å². The number of primary amides is 1. The molecule has 9 heteroatoms. The lowest BCUT2D eigenvalue weighted by molar-refractivity contribution is -0.118. The fourth-order valence-electron chi connectivity index (χ4n) is 3.90. The molecular formula is C21H22N6O3. The van der Waals surface area contributed by atoms with E-state index in [2.05, 4.69) is 20.6 Å². The highest BCUT2D eigenvalue weighted by molar-refractivity contribution is 6.07. The zero-order valence-electron chi connectivity index (χ0n) is 16.5. The largest absolute Gasteiger partial charge is 0.485 e. The molecule has 9 nitrogen and oxygen atoms in total. The number of nitrogens with zero attached hydrogens (tertiary/aromatic N) is 4. The third-order valence-electron chi connectivity index (χ3n) is 5.23. The van der Waals surface area contributed by atoms with E-state index in [0.717, 1.165) is 11.3 Å². The van der Waals surface area contributed by atoms with E-state index in [0.29, 0.717) is 23.6 Å². The molecule has 2 atom stereocenters. The number of hydrogen-bond acceptors (Lipinski definition) is 6. The second-order valence-corrected chi connectivity index (χ2v) is 7.33. The second kappa shape index (κ2) is 8.32. The topological polar surface area (TPSA) is 127 Å². The molecule has 2 heterocycles. The summed E-state index contributed by atoms with van der Waals surface area (Å²) in [5.41, 5.74) is 7.79. The van der Waals surface area contributed by atoms with E-state index in [-0.39, 0.29) is 36.8 Å². The minimum absolute atomic E-state index is 0.0127. The van der Waals surface area contributed by atoms with Crippen molar-refractivity contribution in [1.82, 2.24) is 20.6 Å². The Kier molecular flexibility index (Phi) is 5.42. The van der Waals surface area contributed by atoms with Gasteiger partial charge in [0.05, 0.1) is 0 Å². The lowest BCUT2D eigenvalue weighted by atomic mass is 9.83. The van der Waals surface area contributed by atoms with Crippen molar-refractivity contribution in [1.29, 1.82) is 0 Å². The van der Waals surface area contributed by atoms with Gasteiger partial charge in [0, 0.05) is 23.7 Å². The summed E-state index contributed by atoms with van der Waals surface area (Å²) >= 11 is 0. The number of nitrogens with two attached hydrogens (primary N) is 1. The van der Waals surface area contributed by atoms with Crippen molar-refractivity contribution >= 4 is 17.5 Å². The minimum Gasteiger partial charge on any atom is -0.485 e. The van der Waals surface area contributed by atoms with Crippen molar-refractivity contribution in [2.75, 3.05) is 4.90 Å². The van der Waals surface area contributed by atoms with Gasteiger partial charge in [-0.25, -0.2) is 0 Å². The number of benzene rings is 2. The van der Waals surface area contributed by atoms with Crippen LogP contribution in [0.5, 0.6) is 5.75 Å². The van der Waals surface area contributed by atoms with E-state index in [4.69, 9.17) is 10.5 Å². The number of carbonyl (C=O) groups excluding carboxylic acids is 2. The number of hydrogen-bond donors (Lipinski definition) is 2. The van der Waals surface area contributed by atoms with E-state index in [1.807, 2.05) is 31.2 Å². The van der Waals surface area contributed by atoms with Crippen molar-refractivity contribution in [2.24, 2.45) is 5.73 Å². The summed E-state index contributed by atoms with van der Waals surface area (Å²) in [7, 11) is 0. The van der Waals surface area contributed by atoms with E-state index in [1.54, 1.807) is 29.2 Å². The third kappa shape index (κ3) is 4.00. The highest BCUT2D eigenvalue weighted by Gasteiger charge is 2.34. The van der Waals surface area contributed by atoms with Crippen molar-refractivity contribution in [2.45, 2.75) is 38.3 Å². The number of ether oxygens (including phenoxy) is 1. The molecular weight excluding hydrogens is 384 g/mol. The first kappa shape index (κ1) is 19.6. The van der Waals surface area contributed by atoms with Crippen LogP contribution in [0.3, 0.4) is 0 Å². The number of para-hydroxylation sites is 1. The van der Waals surface area contributed by atoms with Gasteiger partial charge in [-0.05, 0) is 55.2 Å². The number of anilines is 1. The summed E-state index contributed by atoms with van der Waals surface area (Å²) in [4.78, 5) is 26.6. The molecule has 0 fully saturated rings. The highest BCUT2D eigenvalue weighted by atomic mass is 16.5. The molecule has 0 radical (unpaired) electrons. The lowest BCUT2D eigenvalue weighted by Crippen LogP contribution is -2.43. The Morgan fingerprint density at radius 2 is 1.97 bits per heavy atom. The van der Waals surface area contributed by atoms with Crippen LogP contribution in [0.2, 0.25) is 0 Å². The molecule has 0 saturated heterocycles. The molecule has 0 saturated carbocycles. The molecule has 0 spiro atoms. The number of tetrazole rings is 1. The first-order chi connectivity index (χ1) is 14.5. The maximum absolute atomic E-state index is 13.3. The van der Waals surface area contributed by atoms with Crippen molar-refractivity contribution in [3.63, 3.8) is 0 Å². The molecule has 1 aliphatic heterocycles. The van der Waals surface area contributed by atoms with Gasteiger partial charge in [-0.3, -0.25) is 9.59 Å². The lowest BCUT2D eigenvalue weighted by Gasteiger charge is -2.39. The molecule has 154 valence electrons. The summed E-state index contributed by atoms with van der Waals surface area (Å²) in [6.07, 6.45) is 0.952. The predicted octanol–water partition coefficient (Wildman–Crippen LogP) is 2.18. The van der Waals surface area contributed by atoms with Crippen LogP contribution in [0, 0.1) is 0 Å². The van der Waals surface area contributed by atoms with Crippen LogP contribution in [-0.2, 0) is 11.4 Å². The minimum atomic E-state index is -0.335. The van der Waals surface area contributed by atoms with Crippen molar-refractivity contribution in [3.8, 4) is 5.75 Å². The summed E-state index contributed by atoms with van der Waals surface area (Å²) in [5.74, 6) is 0.624. The molecule has 2 unspecified atom stereocenters. The quantitative estimate of drug-likeness (QED) is 0.646. The molecule has 1 aromatic heterocycles. The van der Waals surface area contributed by atoms with Crippen molar-refractivity contribution in [3.05, 3.63) is 65.5 Å². The zero-order valence-corrected chi connectivity index (χ0v) is 16.5. The van der Waals surface area contributed by atoms with Gasteiger partial charge in [-0.1, -0.05) is 23.4 Å². The van der Waals surface area contributed by atoms with Gasteiger partial charge in [0.25, 0.3) is 5.91 Å². The molecule has 0 bridgehead atoms. The number of aromatic amines is 1. The number of rotatable bonds is 6. The Bertz CT molecular complexity index is 1040. The van der Waals surface area contributed by atoms with Gasteiger partial charge in [0.15, 0.2) is 6.61 Å². The van der Waals surface area contributed by atoms with Crippen LogP contribution in [-0.4, -0.2) is 38.5 Å². The van der Waals surface area contributed by atoms with Crippen LogP contribution in [0.15, 0.2) is 48.5 Å². The van der Waals surface area contributed by atoms with Crippen LogP contribution in [0.4, 0.5) is 5.69 Å². The molecule has 4 rings (SSSR count). The number of nitrogens with one attached hydrogen (secondary N) is 1. The molecule has 1 aliphatic rings. The Balaban J connectivity index is 1.54.